The van der Waals surface area contributed by atoms with E-state index in [2.05, 4.69) is 0 Å². The van der Waals surface area contributed by atoms with E-state index in [0.717, 1.165) is 24.9 Å². The van der Waals surface area contributed by atoms with Gasteiger partial charge in [0, 0.05) is 58.0 Å². The minimum absolute atomic E-state index is 0.0708. The Morgan fingerprint density at radius 1 is 1.10 bits per heavy atom. The van der Waals surface area contributed by atoms with Gasteiger partial charge in [-0.25, -0.2) is 0 Å². The highest BCUT2D eigenvalue weighted by molar-refractivity contribution is 5.98. The van der Waals surface area contributed by atoms with E-state index in [1.165, 1.54) is 0 Å². The molecule has 1 aliphatic heterocycles. The summed E-state index contributed by atoms with van der Waals surface area (Å²) in [5, 5.41) is 10.1. The van der Waals surface area contributed by atoms with Crippen molar-refractivity contribution in [3.63, 3.8) is 0 Å². The predicted molar refractivity (Wildman–Crippen MR) is 155 cm³/mol. The van der Waals surface area contributed by atoms with Gasteiger partial charge < -0.3 is 29.3 Å². The van der Waals surface area contributed by atoms with E-state index in [1.807, 2.05) is 88.3 Å². The first kappa shape index (κ1) is 30.4. The highest BCUT2D eigenvalue weighted by Crippen LogP contribution is 2.29. The van der Waals surface area contributed by atoms with Gasteiger partial charge in [0.1, 0.15) is 5.75 Å². The SMILES string of the molecule is C[C@@H]1CCCCO[C@H](CN(C)C(=O)c2ccccc2)[C@@H](C)CN([C@@H](C)CO)C(=O)c2cc(N(C)C)ccc2O1. The number of carbonyl (C=O) groups is 2. The molecule has 0 saturated carbocycles. The Hall–Kier alpha value is -3.10. The van der Waals surface area contributed by atoms with Gasteiger partial charge in [0.05, 0.1) is 30.4 Å². The maximum Gasteiger partial charge on any atom is 0.258 e. The number of hydrogen-bond donors (Lipinski definition) is 1. The molecule has 3 rings (SSSR count). The Balaban J connectivity index is 1.93. The molecule has 2 aromatic rings. The molecule has 1 aliphatic rings. The van der Waals surface area contributed by atoms with Crippen molar-refractivity contribution in [2.75, 3.05) is 52.3 Å². The summed E-state index contributed by atoms with van der Waals surface area (Å²) >= 11 is 0. The lowest BCUT2D eigenvalue weighted by Gasteiger charge is -2.36. The number of aliphatic hydroxyl groups excluding tert-OH is 1. The van der Waals surface area contributed by atoms with E-state index in [0.29, 0.717) is 36.6 Å². The summed E-state index contributed by atoms with van der Waals surface area (Å²) < 4.78 is 12.6. The smallest absolute Gasteiger partial charge is 0.258 e. The molecule has 0 unspecified atom stereocenters. The molecule has 2 amide bonds. The summed E-state index contributed by atoms with van der Waals surface area (Å²) in [7, 11) is 5.66. The second-order valence-electron chi connectivity index (χ2n) is 10.9. The monoisotopic (exact) mass is 539 g/mol. The van der Waals surface area contributed by atoms with Crippen molar-refractivity contribution in [3.8, 4) is 5.75 Å². The molecule has 0 aromatic heterocycles. The first-order chi connectivity index (χ1) is 18.6. The molecule has 1 N–H and O–H groups in total. The lowest BCUT2D eigenvalue weighted by atomic mass is 10.0. The number of likely N-dealkylation sites (N-methyl/N-ethyl adjacent to an activating group) is 1. The van der Waals surface area contributed by atoms with Crippen LogP contribution in [0.15, 0.2) is 48.5 Å². The van der Waals surface area contributed by atoms with Crippen molar-refractivity contribution in [2.24, 2.45) is 5.92 Å². The quantitative estimate of drug-likeness (QED) is 0.589. The summed E-state index contributed by atoms with van der Waals surface area (Å²) in [4.78, 5) is 32.5. The molecule has 2 aromatic carbocycles. The number of fused-ring (bicyclic) bond motifs is 1. The molecule has 4 atom stereocenters. The van der Waals surface area contributed by atoms with E-state index in [1.54, 1.807) is 16.8 Å². The average Bonchev–Trinajstić information content (AvgIpc) is 2.93. The topological polar surface area (TPSA) is 82.6 Å². The summed E-state index contributed by atoms with van der Waals surface area (Å²) in [5.74, 6) is 0.189. The van der Waals surface area contributed by atoms with Crippen molar-refractivity contribution in [1.29, 1.82) is 0 Å². The number of amides is 2. The zero-order valence-corrected chi connectivity index (χ0v) is 24.3. The van der Waals surface area contributed by atoms with Gasteiger partial charge in [0.2, 0.25) is 0 Å². The standard InChI is InChI=1S/C31H45N3O5/c1-22-19-34(23(2)21-35)31(37)27-18-26(32(4)5)15-16-28(27)39-24(3)12-10-11-17-38-29(22)20-33(6)30(36)25-13-8-7-9-14-25/h7-9,13-16,18,22-24,29,35H,10-12,17,19-21H2,1-6H3/t22-,23-,24+,29+/m0/s1. The Morgan fingerprint density at radius 2 is 1.82 bits per heavy atom. The van der Waals surface area contributed by atoms with Gasteiger partial charge in [-0.1, -0.05) is 25.1 Å². The van der Waals surface area contributed by atoms with Crippen LogP contribution in [0.25, 0.3) is 0 Å². The first-order valence-corrected chi connectivity index (χ1v) is 13.9. The van der Waals surface area contributed by atoms with E-state index < -0.39 is 6.04 Å². The first-order valence-electron chi connectivity index (χ1n) is 13.9. The Labute approximate surface area is 233 Å². The maximum absolute atomic E-state index is 14.1. The number of aliphatic hydroxyl groups is 1. The summed E-state index contributed by atoms with van der Waals surface area (Å²) in [5.41, 5.74) is 2.00. The zero-order valence-electron chi connectivity index (χ0n) is 24.3. The number of rotatable bonds is 6. The van der Waals surface area contributed by atoms with E-state index >= 15 is 0 Å². The van der Waals surface area contributed by atoms with E-state index in [-0.39, 0.29) is 36.5 Å². The number of carbonyl (C=O) groups excluding carboxylic acids is 2. The van der Waals surface area contributed by atoms with E-state index in [9.17, 15) is 14.7 Å². The van der Waals surface area contributed by atoms with Crippen molar-refractivity contribution < 1.29 is 24.2 Å². The number of ether oxygens (including phenoxy) is 2. The van der Waals surface area contributed by atoms with Crippen LogP contribution in [0, 0.1) is 5.92 Å². The molecular formula is C31H45N3O5. The molecule has 0 aliphatic carbocycles. The maximum atomic E-state index is 14.1. The second-order valence-corrected chi connectivity index (χ2v) is 10.9. The highest BCUT2D eigenvalue weighted by atomic mass is 16.5. The highest BCUT2D eigenvalue weighted by Gasteiger charge is 2.31. The Bertz CT molecular complexity index is 1080. The van der Waals surface area contributed by atoms with Gasteiger partial charge in [-0.15, -0.1) is 0 Å². The fourth-order valence-electron chi connectivity index (χ4n) is 4.81. The van der Waals surface area contributed by atoms with Crippen molar-refractivity contribution >= 4 is 17.5 Å². The van der Waals surface area contributed by atoms with Crippen molar-refractivity contribution in [3.05, 3.63) is 59.7 Å². The molecular weight excluding hydrogens is 494 g/mol. The third-order valence-corrected chi connectivity index (χ3v) is 7.37. The lowest BCUT2D eigenvalue weighted by Crippen LogP contribution is -2.48. The fraction of sp³-hybridized carbons (Fsp3) is 0.548. The minimum Gasteiger partial charge on any atom is -0.490 e. The van der Waals surface area contributed by atoms with Crippen molar-refractivity contribution in [1.82, 2.24) is 9.80 Å². The van der Waals surface area contributed by atoms with Crippen LogP contribution in [0.4, 0.5) is 5.69 Å². The molecule has 0 bridgehead atoms. The molecule has 8 heteroatoms. The van der Waals surface area contributed by atoms with Crippen LogP contribution in [-0.4, -0.2) is 92.4 Å². The Kier molecular flexibility index (Phi) is 11.2. The normalized spacial score (nSPS) is 21.8. The number of nitrogens with zero attached hydrogens (tertiary/aromatic N) is 3. The predicted octanol–water partition coefficient (Wildman–Crippen LogP) is 4.32. The molecule has 8 nitrogen and oxygen atoms in total. The van der Waals surface area contributed by atoms with Crippen LogP contribution in [0.2, 0.25) is 0 Å². The zero-order chi connectivity index (χ0) is 28.5. The fourth-order valence-corrected chi connectivity index (χ4v) is 4.81. The molecule has 0 fully saturated rings. The molecule has 39 heavy (non-hydrogen) atoms. The van der Waals surface area contributed by atoms with Gasteiger partial charge in [0.15, 0.2) is 0 Å². The summed E-state index contributed by atoms with van der Waals surface area (Å²) in [6.45, 7) is 7.04. The Morgan fingerprint density at radius 3 is 2.49 bits per heavy atom. The van der Waals surface area contributed by atoms with Gasteiger partial charge in [-0.05, 0) is 63.4 Å². The minimum atomic E-state index is -0.412. The number of hydrogen-bond acceptors (Lipinski definition) is 6. The summed E-state index contributed by atoms with van der Waals surface area (Å²) in [6.07, 6.45) is 2.27. The molecule has 1 heterocycles. The summed E-state index contributed by atoms with van der Waals surface area (Å²) in [6, 6.07) is 14.5. The van der Waals surface area contributed by atoms with Gasteiger partial charge in [-0.3, -0.25) is 9.59 Å². The van der Waals surface area contributed by atoms with Crippen LogP contribution in [-0.2, 0) is 4.74 Å². The second kappa shape index (κ2) is 14.3. The van der Waals surface area contributed by atoms with Crippen LogP contribution in [0.1, 0.15) is 60.7 Å². The third kappa shape index (κ3) is 8.19. The van der Waals surface area contributed by atoms with Gasteiger partial charge in [0.25, 0.3) is 11.8 Å². The largest absolute Gasteiger partial charge is 0.490 e. The number of benzene rings is 2. The average molecular weight is 540 g/mol. The van der Waals surface area contributed by atoms with Gasteiger partial charge in [-0.2, -0.15) is 0 Å². The third-order valence-electron chi connectivity index (χ3n) is 7.37. The van der Waals surface area contributed by atoms with Crippen LogP contribution >= 0.6 is 0 Å². The van der Waals surface area contributed by atoms with Crippen molar-refractivity contribution in [2.45, 2.75) is 58.3 Å². The molecule has 0 saturated heterocycles. The number of anilines is 1. The van der Waals surface area contributed by atoms with Gasteiger partial charge >= 0.3 is 0 Å². The van der Waals surface area contributed by atoms with Crippen LogP contribution in [0.3, 0.4) is 0 Å². The molecule has 214 valence electrons. The van der Waals surface area contributed by atoms with Crippen LogP contribution in [0.5, 0.6) is 5.75 Å². The molecule has 0 spiro atoms. The lowest BCUT2D eigenvalue weighted by molar-refractivity contribution is -0.0149. The molecule has 0 radical (unpaired) electrons. The van der Waals surface area contributed by atoms with E-state index in [4.69, 9.17) is 9.47 Å². The van der Waals surface area contributed by atoms with Crippen LogP contribution < -0.4 is 9.64 Å².